The van der Waals surface area contributed by atoms with Crippen molar-refractivity contribution in [3.8, 4) is 0 Å². The van der Waals surface area contributed by atoms with Crippen LogP contribution in [-0.2, 0) is 4.79 Å². The molecule has 144 valence electrons. The first kappa shape index (κ1) is 18.2. The third kappa shape index (κ3) is 3.38. The molecule has 29 heavy (non-hydrogen) atoms. The Hall–Kier alpha value is -2.85. The summed E-state index contributed by atoms with van der Waals surface area (Å²) in [5.41, 5.74) is 6.18. The van der Waals surface area contributed by atoms with E-state index in [4.69, 9.17) is 0 Å². The molecule has 3 aromatic carbocycles. The van der Waals surface area contributed by atoms with Gasteiger partial charge >= 0.3 is 0 Å². The molecule has 2 aliphatic rings. The van der Waals surface area contributed by atoms with Crippen LogP contribution in [0.4, 0.5) is 11.4 Å². The Morgan fingerprint density at radius 1 is 0.793 bits per heavy atom. The summed E-state index contributed by atoms with van der Waals surface area (Å²) in [5, 5.41) is 7.22. The summed E-state index contributed by atoms with van der Waals surface area (Å²) in [4.78, 5) is 13.5. The molecule has 0 fully saturated rings. The largest absolute Gasteiger partial charge is 0.372 e. The summed E-state index contributed by atoms with van der Waals surface area (Å²) < 4.78 is 1.00. The van der Waals surface area contributed by atoms with Crippen LogP contribution in [0.5, 0.6) is 0 Å². The number of hydrogen-bond donors (Lipinski definition) is 2. The second kappa shape index (κ2) is 7.53. The third-order valence-corrected chi connectivity index (χ3v) is 6.52. The molecule has 0 bridgehead atoms. The zero-order chi connectivity index (χ0) is 19.8. The molecule has 3 nitrogen and oxygen atoms in total. The van der Waals surface area contributed by atoms with Gasteiger partial charge in [0, 0.05) is 22.2 Å². The molecule has 0 unspecified atom stereocenters. The molecular formula is C25H21BrN2O. The minimum absolute atomic E-state index is 0.194. The number of benzene rings is 3. The van der Waals surface area contributed by atoms with Crippen molar-refractivity contribution in [2.75, 3.05) is 10.6 Å². The summed E-state index contributed by atoms with van der Waals surface area (Å²) >= 11 is 3.69. The van der Waals surface area contributed by atoms with E-state index in [2.05, 4.69) is 56.9 Å². The lowest BCUT2D eigenvalue weighted by Gasteiger charge is -2.30. The Morgan fingerprint density at radius 2 is 1.48 bits per heavy atom. The highest BCUT2D eigenvalue weighted by Gasteiger charge is 2.36. The summed E-state index contributed by atoms with van der Waals surface area (Å²) in [6, 6.07) is 26.5. The van der Waals surface area contributed by atoms with Gasteiger partial charge in [0.05, 0.1) is 17.4 Å². The highest BCUT2D eigenvalue weighted by Crippen LogP contribution is 2.45. The topological polar surface area (TPSA) is 41.1 Å². The summed E-state index contributed by atoms with van der Waals surface area (Å²) in [6.07, 6.45) is 1.35. The number of nitrogens with one attached hydrogen (secondary N) is 2. The molecule has 1 aliphatic heterocycles. The van der Waals surface area contributed by atoms with Crippen molar-refractivity contribution in [3.05, 3.63) is 106 Å². The van der Waals surface area contributed by atoms with Crippen molar-refractivity contribution in [3.63, 3.8) is 0 Å². The van der Waals surface area contributed by atoms with Gasteiger partial charge in [0.1, 0.15) is 0 Å². The van der Waals surface area contributed by atoms with E-state index in [0.717, 1.165) is 39.1 Å². The quantitative estimate of drug-likeness (QED) is 0.478. The Labute approximate surface area is 179 Å². The molecule has 1 aliphatic carbocycles. The number of rotatable bonds is 2. The number of halogens is 1. The number of hydrogen-bond acceptors (Lipinski definition) is 3. The SMILES string of the molecule is O=C1C[C@@H](c2ccccc2)CC2=C1[C@@H](c1ccccc1Br)Nc1ccccc1N2. The van der Waals surface area contributed by atoms with Gasteiger partial charge in [0.2, 0.25) is 0 Å². The van der Waals surface area contributed by atoms with Crippen LogP contribution in [0.2, 0.25) is 0 Å². The lowest BCUT2D eigenvalue weighted by Crippen LogP contribution is -2.27. The van der Waals surface area contributed by atoms with Crippen molar-refractivity contribution in [1.29, 1.82) is 0 Å². The number of carbonyl (C=O) groups is 1. The molecule has 2 atom stereocenters. The minimum Gasteiger partial charge on any atom is -0.372 e. The van der Waals surface area contributed by atoms with Crippen LogP contribution < -0.4 is 10.6 Å². The van der Waals surface area contributed by atoms with Crippen molar-refractivity contribution in [2.24, 2.45) is 0 Å². The number of allylic oxidation sites excluding steroid dienone is 1. The van der Waals surface area contributed by atoms with Gasteiger partial charge in [-0.25, -0.2) is 0 Å². The molecule has 0 spiro atoms. The van der Waals surface area contributed by atoms with Crippen molar-refractivity contribution < 1.29 is 4.79 Å². The van der Waals surface area contributed by atoms with Crippen LogP contribution in [0.1, 0.15) is 35.9 Å². The van der Waals surface area contributed by atoms with Crippen LogP contribution in [0, 0.1) is 0 Å². The van der Waals surface area contributed by atoms with Gasteiger partial charge in [-0.3, -0.25) is 4.79 Å². The molecule has 2 N–H and O–H groups in total. The van der Waals surface area contributed by atoms with E-state index in [1.54, 1.807) is 0 Å². The highest BCUT2D eigenvalue weighted by molar-refractivity contribution is 9.10. The zero-order valence-electron chi connectivity index (χ0n) is 15.9. The normalized spacial score (nSPS) is 20.8. The third-order valence-electron chi connectivity index (χ3n) is 5.80. The average Bonchev–Trinajstić information content (AvgIpc) is 2.91. The van der Waals surface area contributed by atoms with Gasteiger partial charge < -0.3 is 10.6 Å². The molecule has 0 saturated carbocycles. The van der Waals surface area contributed by atoms with Crippen LogP contribution in [0.25, 0.3) is 0 Å². The highest BCUT2D eigenvalue weighted by atomic mass is 79.9. The smallest absolute Gasteiger partial charge is 0.163 e. The minimum atomic E-state index is -0.194. The molecule has 3 aromatic rings. The lowest BCUT2D eigenvalue weighted by atomic mass is 9.78. The number of ketones is 1. The molecule has 5 rings (SSSR count). The fourth-order valence-electron chi connectivity index (χ4n) is 4.40. The van der Waals surface area contributed by atoms with E-state index in [1.807, 2.05) is 48.5 Å². The molecular weight excluding hydrogens is 424 g/mol. The second-order valence-electron chi connectivity index (χ2n) is 7.60. The van der Waals surface area contributed by atoms with Crippen LogP contribution in [-0.4, -0.2) is 5.78 Å². The van der Waals surface area contributed by atoms with Crippen LogP contribution in [0.15, 0.2) is 94.6 Å². The van der Waals surface area contributed by atoms with Gasteiger partial charge in [-0.05, 0) is 41.7 Å². The maximum absolute atomic E-state index is 13.5. The van der Waals surface area contributed by atoms with Gasteiger partial charge in [-0.2, -0.15) is 0 Å². The molecule has 0 aromatic heterocycles. The molecule has 0 amide bonds. The Morgan fingerprint density at radius 3 is 2.28 bits per heavy atom. The van der Waals surface area contributed by atoms with Gasteiger partial charge in [0.25, 0.3) is 0 Å². The summed E-state index contributed by atoms with van der Waals surface area (Å²) in [7, 11) is 0. The first-order chi connectivity index (χ1) is 14.2. The summed E-state index contributed by atoms with van der Waals surface area (Å²) in [5.74, 6) is 0.397. The monoisotopic (exact) mass is 444 g/mol. The molecule has 0 saturated heterocycles. The Balaban J connectivity index is 1.64. The van der Waals surface area contributed by atoms with Crippen molar-refractivity contribution in [1.82, 2.24) is 0 Å². The van der Waals surface area contributed by atoms with Crippen LogP contribution in [0.3, 0.4) is 0 Å². The maximum Gasteiger partial charge on any atom is 0.163 e. The first-order valence-electron chi connectivity index (χ1n) is 9.89. The summed E-state index contributed by atoms with van der Waals surface area (Å²) in [6.45, 7) is 0. The standard InChI is InChI=1S/C25H21BrN2O/c26-19-11-5-4-10-18(19)25-24-22(27-20-12-6-7-13-21(20)28-25)14-17(15-23(24)29)16-8-2-1-3-9-16/h1-13,17,25,27-28H,14-15H2/t17-,25+/m0/s1. The fraction of sp³-hybridized carbons (Fsp3) is 0.160. The van der Waals surface area contributed by atoms with E-state index >= 15 is 0 Å². The van der Waals surface area contributed by atoms with Crippen LogP contribution >= 0.6 is 15.9 Å². The van der Waals surface area contributed by atoms with E-state index < -0.39 is 0 Å². The number of fused-ring (bicyclic) bond motifs is 1. The average molecular weight is 445 g/mol. The van der Waals surface area contributed by atoms with E-state index in [-0.39, 0.29) is 17.7 Å². The number of carbonyl (C=O) groups excluding carboxylic acids is 1. The predicted octanol–water partition coefficient (Wildman–Crippen LogP) is 6.43. The Bertz CT molecular complexity index is 1110. The van der Waals surface area contributed by atoms with Crippen molar-refractivity contribution in [2.45, 2.75) is 24.8 Å². The molecule has 1 heterocycles. The molecule has 0 radical (unpaired) electrons. The van der Waals surface area contributed by atoms with Gasteiger partial charge in [-0.15, -0.1) is 0 Å². The predicted molar refractivity (Wildman–Crippen MR) is 121 cm³/mol. The van der Waals surface area contributed by atoms with E-state index in [1.165, 1.54) is 5.56 Å². The van der Waals surface area contributed by atoms with E-state index in [9.17, 15) is 4.79 Å². The lowest BCUT2D eigenvalue weighted by molar-refractivity contribution is -0.116. The van der Waals surface area contributed by atoms with Gasteiger partial charge in [-0.1, -0.05) is 76.6 Å². The number of Topliss-reactive ketones (excluding diaryl/α,β-unsaturated/α-hetero) is 1. The number of para-hydroxylation sites is 2. The maximum atomic E-state index is 13.5. The van der Waals surface area contributed by atoms with E-state index in [0.29, 0.717) is 6.42 Å². The molecule has 4 heteroatoms. The fourth-order valence-corrected chi connectivity index (χ4v) is 4.91. The number of anilines is 2. The van der Waals surface area contributed by atoms with Gasteiger partial charge in [0.15, 0.2) is 5.78 Å². The first-order valence-corrected chi connectivity index (χ1v) is 10.7. The Kier molecular flexibility index (Phi) is 4.72. The zero-order valence-corrected chi connectivity index (χ0v) is 17.4. The second-order valence-corrected chi connectivity index (χ2v) is 8.46. The van der Waals surface area contributed by atoms with Crippen molar-refractivity contribution >= 4 is 33.1 Å².